The van der Waals surface area contributed by atoms with E-state index in [0.29, 0.717) is 16.6 Å². The van der Waals surface area contributed by atoms with Crippen LogP contribution in [0, 0.1) is 5.92 Å². The second kappa shape index (κ2) is 6.74. The summed E-state index contributed by atoms with van der Waals surface area (Å²) in [5, 5.41) is 3.34. The summed E-state index contributed by atoms with van der Waals surface area (Å²) in [5.74, 6) is 0.319. The van der Waals surface area contributed by atoms with Gasteiger partial charge in [0.15, 0.2) is 0 Å². The molecule has 0 bridgehead atoms. The first-order valence-corrected chi connectivity index (χ1v) is 6.79. The minimum absolute atomic E-state index is 0.0853. The van der Waals surface area contributed by atoms with Crippen LogP contribution in [0.3, 0.4) is 0 Å². The molecule has 0 aliphatic heterocycles. The summed E-state index contributed by atoms with van der Waals surface area (Å²) in [6.07, 6.45) is 1.82. The second-order valence-corrected chi connectivity index (χ2v) is 5.31. The summed E-state index contributed by atoms with van der Waals surface area (Å²) < 4.78 is 0. The van der Waals surface area contributed by atoms with Crippen LogP contribution in [0.4, 0.5) is 0 Å². The third-order valence-corrected chi connectivity index (χ3v) is 3.17. The lowest BCUT2D eigenvalue weighted by Crippen LogP contribution is -2.36. The zero-order valence-corrected chi connectivity index (χ0v) is 12.2. The van der Waals surface area contributed by atoms with Crippen molar-refractivity contribution in [1.29, 1.82) is 0 Å². The molecule has 0 fully saturated rings. The number of carbonyl (C=O) groups excluding carboxylic acids is 1. The van der Waals surface area contributed by atoms with Gasteiger partial charge in [0.1, 0.15) is 5.15 Å². The number of hydrogen-bond acceptors (Lipinski definition) is 2. The fourth-order valence-electron chi connectivity index (χ4n) is 1.52. The average Bonchev–Trinajstić information content (AvgIpc) is 2.28. The second-order valence-electron chi connectivity index (χ2n) is 4.93. The molecule has 0 saturated carbocycles. The van der Waals surface area contributed by atoms with E-state index < -0.39 is 0 Å². The fraction of sp³-hybridized carbons (Fsp3) is 0.571. The molecule has 1 aromatic heterocycles. The summed E-state index contributed by atoms with van der Waals surface area (Å²) >= 11 is 5.94. The largest absolute Gasteiger partial charge is 0.349 e. The number of halogens is 1. The zero-order chi connectivity index (χ0) is 13.7. The Morgan fingerprint density at radius 1 is 1.39 bits per heavy atom. The van der Waals surface area contributed by atoms with Crippen molar-refractivity contribution in [2.45, 2.75) is 46.6 Å². The van der Waals surface area contributed by atoms with Crippen LogP contribution in [0.25, 0.3) is 0 Å². The average molecular weight is 269 g/mol. The van der Waals surface area contributed by atoms with E-state index in [-0.39, 0.29) is 11.9 Å². The van der Waals surface area contributed by atoms with Crippen LogP contribution in [-0.2, 0) is 6.42 Å². The first-order chi connectivity index (χ1) is 8.43. The fourth-order valence-corrected chi connectivity index (χ4v) is 1.75. The normalized spacial score (nSPS) is 12.6. The number of nitrogens with zero attached hydrogens (tertiary/aromatic N) is 1. The van der Waals surface area contributed by atoms with E-state index >= 15 is 0 Å². The first-order valence-electron chi connectivity index (χ1n) is 6.41. The van der Waals surface area contributed by atoms with Crippen LogP contribution in [0.15, 0.2) is 12.1 Å². The number of rotatable bonds is 5. The summed E-state index contributed by atoms with van der Waals surface area (Å²) in [5.41, 5.74) is 1.46. The summed E-state index contributed by atoms with van der Waals surface area (Å²) in [7, 11) is 0. The first kappa shape index (κ1) is 15.0. The quantitative estimate of drug-likeness (QED) is 0.831. The van der Waals surface area contributed by atoms with Crippen molar-refractivity contribution in [3.63, 3.8) is 0 Å². The third kappa shape index (κ3) is 4.30. The van der Waals surface area contributed by atoms with Crippen molar-refractivity contribution in [2.24, 2.45) is 5.92 Å². The molecule has 1 heterocycles. The van der Waals surface area contributed by atoms with E-state index in [4.69, 9.17) is 11.6 Å². The number of hydrogen-bond donors (Lipinski definition) is 1. The van der Waals surface area contributed by atoms with Gasteiger partial charge < -0.3 is 5.32 Å². The Kier molecular flexibility index (Phi) is 5.60. The van der Waals surface area contributed by atoms with E-state index in [0.717, 1.165) is 18.5 Å². The predicted octanol–water partition coefficient (Wildman–Crippen LogP) is 3.46. The highest BCUT2D eigenvalue weighted by molar-refractivity contribution is 6.29. The molecule has 1 rings (SSSR count). The molecule has 0 aliphatic carbocycles. The van der Waals surface area contributed by atoms with Gasteiger partial charge in [0.25, 0.3) is 5.91 Å². The van der Waals surface area contributed by atoms with E-state index in [1.165, 1.54) is 0 Å². The highest BCUT2D eigenvalue weighted by Crippen LogP contribution is 2.13. The van der Waals surface area contributed by atoms with Gasteiger partial charge in [-0.25, -0.2) is 4.98 Å². The van der Waals surface area contributed by atoms with Gasteiger partial charge in [-0.2, -0.15) is 0 Å². The summed E-state index contributed by atoms with van der Waals surface area (Å²) in [6, 6.07) is 3.57. The van der Waals surface area contributed by atoms with E-state index in [1.54, 1.807) is 6.07 Å². The van der Waals surface area contributed by atoms with Crippen molar-refractivity contribution >= 4 is 17.5 Å². The Balaban J connectivity index is 2.85. The van der Waals surface area contributed by atoms with Crippen molar-refractivity contribution in [1.82, 2.24) is 10.3 Å². The van der Waals surface area contributed by atoms with Crippen LogP contribution in [-0.4, -0.2) is 16.9 Å². The number of carbonyl (C=O) groups is 1. The molecule has 0 aliphatic rings. The van der Waals surface area contributed by atoms with Gasteiger partial charge in [0.2, 0.25) is 0 Å². The van der Waals surface area contributed by atoms with Gasteiger partial charge in [-0.1, -0.05) is 38.8 Å². The van der Waals surface area contributed by atoms with E-state index in [9.17, 15) is 4.79 Å². The Hall–Kier alpha value is -1.09. The number of nitrogens with one attached hydrogen (secondary N) is 1. The Morgan fingerprint density at radius 3 is 2.61 bits per heavy atom. The standard InChI is InChI=1S/C14H21ClN2O/c1-5-6-12-7-11(8-13(15)17-12)14(18)16-10(4)9(2)3/h7-10H,5-6H2,1-4H3,(H,16,18). The number of pyridine rings is 1. The summed E-state index contributed by atoms with van der Waals surface area (Å²) in [6.45, 7) is 8.22. The Labute approximate surface area is 114 Å². The molecule has 1 unspecified atom stereocenters. The molecule has 1 amide bonds. The van der Waals surface area contributed by atoms with Gasteiger partial charge >= 0.3 is 0 Å². The molecular weight excluding hydrogens is 248 g/mol. The molecule has 1 aromatic rings. The number of amides is 1. The van der Waals surface area contributed by atoms with Gasteiger partial charge in [-0.05, 0) is 31.4 Å². The molecule has 3 nitrogen and oxygen atoms in total. The maximum atomic E-state index is 12.1. The summed E-state index contributed by atoms with van der Waals surface area (Å²) in [4.78, 5) is 16.3. The van der Waals surface area contributed by atoms with Crippen LogP contribution in [0.1, 0.15) is 50.2 Å². The lowest BCUT2D eigenvalue weighted by Gasteiger charge is -2.17. The lowest BCUT2D eigenvalue weighted by molar-refractivity contribution is 0.0930. The van der Waals surface area contributed by atoms with Crippen LogP contribution in [0.5, 0.6) is 0 Å². The van der Waals surface area contributed by atoms with Crippen molar-refractivity contribution < 1.29 is 4.79 Å². The highest BCUT2D eigenvalue weighted by atomic mass is 35.5. The topological polar surface area (TPSA) is 42.0 Å². The number of aromatic nitrogens is 1. The molecule has 0 saturated heterocycles. The highest BCUT2D eigenvalue weighted by Gasteiger charge is 2.14. The van der Waals surface area contributed by atoms with Crippen molar-refractivity contribution in [2.75, 3.05) is 0 Å². The van der Waals surface area contributed by atoms with Crippen molar-refractivity contribution in [3.8, 4) is 0 Å². The van der Waals surface area contributed by atoms with Crippen LogP contribution >= 0.6 is 11.6 Å². The SMILES string of the molecule is CCCc1cc(C(=O)NC(C)C(C)C)cc(Cl)n1. The predicted molar refractivity (Wildman–Crippen MR) is 75.0 cm³/mol. The zero-order valence-electron chi connectivity index (χ0n) is 11.5. The van der Waals surface area contributed by atoms with E-state index in [2.05, 4.69) is 31.1 Å². The molecule has 1 N–H and O–H groups in total. The Morgan fingerprint density at radius 2 is 2.06 bits per heavy atom. The molecular formula is C14H21ClN2O. The minimum atomic E-state index is -0.0853. The van der Waals surface area contributed by atoms with Crippen LogP contribution < -0.4 is 5.32 Å². The van der Waals surface area contributed by atoms with Gasteiger partial charge in [-0.3, -0.25) is 4.79 Å². The molecule has 0 aromatic carbocycles. The maximum Gasteiger partial charge on any atom is 0.251 e. The smallest absolute Gasteiger partial charge is 0.251 e. The molecule has 0 spiro atoms. The van der Waals surface area contributed by atoms with E-state index in [1.807, 2.05) is 13.0 Å². The molecule has 0 radical (unpaired) electrons. The third-order valence-electron chi connectivity index (χ3n) is 2.97. The molecule has 100 valence electrons. The van der Waals surface area contributed by atoms with Crippen LogP contribution in [0.2, 0.25) is 5.15 Å². The molecule has 1 atom stereocenters. The Bertz CT molecular complexity index is 418. The van der Waals surface area contributed by atoms with Crippen molar-refractivity contribution in [3.05, 3.63) is 28.5 Å². The van der Waals surface area contributed by atoms with Gasteiger partial charge in [-0.15, -0.1) is 0 Å². The minimum Gasteiger partial charge on any atom is -0.349 e. The monoisotopic (exact) mass is 268 g/mol. The van der Waals surface area contributed by atoms with Gasteiger partial charge in [0, 0.05) is 17.3 Å². The van der Waals surface area contributed by atoms with Gasteiger partial charge in [0.05, 0.1) is 0 Å². The number of aryl methyl sites for hydroxylation is 1. The maximum absolute atomic E-state index is 12.1. The molecule has 18 heavy (non-hydrogen) atoms. The molecule has 4 heteroatoms. The lowest BCUT2D eigenvalue weighted by atomic mass is 10.1.